The number of nitrogens with zero attached hydrogens (tertiary/aromatic N) is 4. The molecule has 2 aromatic heterocycles. The van der Waals surface area contributed by atoms with Gasteiger partial charge in [0.1, 0.15) is 11.6 Å². The fraction of sp³-hybridized carbons (Fsp3) is 0.333. The van der Waals surface area contributed by atoms with Crippen LogP contribution in [0.3, 0.4) is 0 Å². The number of carbonyl (C=O) groups excluding carboxylic acids is 1. The van der Waals surface area contributed by atoms with Crippen molar-refractivity contribution in [3.63, 3.8) is 0 Å². The minimum Gasteiger partial charge on any atom is -0.338 e. The van der Waals surface area contributed by atoms with E-state index in [1.807, 2.05) is 61.3 Å². The second-order valence-corrected chi connectivity index (χ2v) is 8.32. The van der Waals surface area contributed by atoms with Crippen LogP contribution in [0.5, 0.6) is 0 Å². The fourth-order valence-corrected chi connectivity index (χ4v) is 4.22. The third-order valence-corrected chi connectivity index (χ3v) is 5.69. The number of amides is 1. The van der Waals surface area contributed by atoms with Crippen molar-refractivity contribution in [2.75, 3.05) is 18.4 Å². The molecule has 6 nitrogen and oxygen atoms in total. The van der Waals surface area contributed by atoms with E-state index in [4.69, 9.17) is 0 Å². The van der Waals surface area contributed by atoms with Gasteiger partial charge in [0, 0.05) is 41.7 Å². The van der Waals surface area contributed by atoms with E-state index < -0.39 is 0 Å². The molecule has 0 radical (unpaired) electrons. The minimum absolute atomic E-state index is 0.0905. The Balaban J connectivity index is 1.52. The normalized spacial score (nSPS) is 16.8. The van der Waals surface area contributed by atoms with Gasteiger partial charge >= 0.3 is 0 Å². The standard InChI is InChI=1S/C21H23N5OS/c1-14-12-22-21(28-14)25-19-11-18(23-15(2)24-19)17-9-6-10-26(13-17)20(27)16-7-4-3-5-8-16/h3-5,7-8,11-12,17H,6,9-10,13H2,1-2H3,(H,22,23,24,25)/t17-/m0/s1. The number of anilines is 2. The zero-order valence-electron chi connectivity index (χ0n) is 16.1. The summed E-state index contributed by atoms with van der Waals surface area (Å²) in [7, 11) is 0. The molecule has 28 heavy (non-hydrogen) atoms. The molecule has 1 aromatic carbocycles. The van der Waals surface area contributed by atoms with E-state index in [1.165, 1.54) is 0 Å². The Bertz CT molecular complexity index is 972. The van der Waals surface area contributed by atoms with Crippen LogP contribution in [-0.2, 0) is 0 Å². The molecule has 1 amide bonds. The van der Waals surface area contributed by atoms with Crippen molar-refractivity contribution in [2.24, 2.45) is 0 Å². The lowest BCUT2D eigenvalue weighted by Gasteiger charge is -2.32. The molecule has 7 heteroatoms. The van der Waals surface area contributed by atoms with Gasteiger partial charge in [-0.25, -0.2) is 15.0 Å². The Morgan fingerprint density at radius 3 is 2.79 bits per heavy atom. The average molecular weight is 394 g/mol. The Morgan fingerprint density at radius 1 is 1.21 bits per heavy atom. The topological polar surface area (TPSA) is 71.0 Å². The number of nitrogens with one attached hydrogen (secondary N) is 1. The summed E-state index contributed by atoms with van der Waals surface area (Å²) in [6, 6.07) is 11.5. The quantitative estimate of drug-likeness (QED) is 0.715. The van der Waals surface area contributed by atoms with E-state index in [0.717, 1.165) is 52.3 Å². The Hall–Kier alpha value is -2.80. The van der Waals surface area contributed by atoms with Crippen LogP contribution < -0.4 is 5.32 Å². The van der Waals surface area contributed by atoms with Crippen LogP contribution in [-0.4, -0.2) is 38.8 Å². The van der Waals surface area contributed by atoms with Crippen molar-refractivity contribution in [1.29, 1.82) is 0 Å². The number of likely N-dealkylation sites (tertiary alicyclic amines) is 1. The molecule has 0 bridgehead atoms. The highest BCUT2D eigenvalue weighted by atomic mass is 32.1. The summed E-state index contributed by atoms with van der Waals surface area (Å²) < 4.78 is 0. The highest BCUT2D eigenvalue weighted by molar-refractivity contribution is 7.15. The first kappa shape index (κ1) is 18.6. The van der Waals surface area contributed by atoms with Gasteiger partial charge in [0.25, 0.3) is 5.91 Å². The van der Waals surface area contributed by atoms with Crippen molar-refractivity contribution in [2.45, 2.75) is 32.6 Å². The molecule has 4 rings (SSSR count). The van der Waals surface area contributed by atoms with Crippen LogP contribution in [0, 0.1) is 13.8 Å². The molecule has 0 aliphatic carbocycles. The Morgan fingerprint density at radius 2 is 2.04 bits per heavy atom. The number of benzene rings is 1. The molecule has 0 spiro atoms. The number of aromatic nitrogens is 3. The third-order valence-electron chi connectivity index (χ3n) is 4.86. The zero-order valence-corrected chi connectivity index (χ0v) is 16.9. The van der Waals surface area contributed by atoms with Crippen LogP contribution in [0.2, 0.25) is 0 Å². The SMILES string of the molecule is Cc1nc(Nc2ncc(C)s2)cc([C@H]2CCCN(C(=O)c3ccccc3)C2)n1. The minimum atomic E-state index is 0.0905. The summed E-state index contributed by atoms with van der Waals surface area (Å²) in [5.74, 6) is 1.78. The molecule has 144 valence electrons. The molecule has 1 aliphatic heterocycles. The zero-order chi connectivity index (χ0) is 19.5. The van der Waals surface area contributed by atoms with E-state index in [0.29, 0.717) is 6.54 Å². The van der Waals surface area contributed by atoms with Crippen molar-refractivity contribution in [3.8, 4) is 0 Å². The number of hydrogen-bond acceptors (Lipinski definition) is 6. The van der Waals surface area contributed by atoms with Gasteiger partial charge in [0.15, 0.2) is 5.13 Å². The van der Waals surface area contributed by atoms with Gasteiger partial charge in [-0.15, -0.1) is 11.3 Å². The maximum absolute atomic E-state index is 12.8. The first-order valence-electron chi connectivity index (χ1n) is 9.48. The van der Waals surface area contributed by atoms with Crippen LogP contribution in [0.4, 0.5) is 10.9 Å². The summed E-state index contributed by atoms with van der Waals surface area (Å²) >= 11 is 1.60. The smallest absolute Gasteiger partial charge is 0.253 e. The molecule has 1 saturated heterocycles. The third kappa shape index (κ3) is 4.20. The summed E-state index contributed by atoms with van der Waals surface area (Å²) in [5.41, 5.74) is 1.72. The fourth-order valence-electron chi connectivity index (χ4n) is 3.55. The molecule has 3 heterocycles. The van der Waals surface area contributed by atoms with E-state index >= 15 is 0 Å². The summed E-state index contributed by atoms with van der Waals surface area (Å²) in [5, 5.41) is 4.11. The van der Waals surface area contributed by atoms with Gasteiger partial charge in [-0.05, 0) is 38.8 Å². The number of aryl methyl sites for hydroxylation is 2. The molecule has 3 aromatic rings. The number of piperidine rings is 1. The van der Waals surface area contributed by atoms with Gasteiger partial charge < -0.3 is 10.2 Å². The second kappa shape index (κ2) is 8.06. The average Bonchev–Trinajstić information content (AvgIpc) is 3.12. The van der Waals surface area contributed by atoms with Crippen LogP contribution in [0.1, 0.15) is 45.5 Å². The van der Waals surface area contributed by atoms with Crippen molar-refractivity contribution < 1.29 is 4.79 Å². The molecule has 0 unspecified atom stereocenters. The van der Waals surface area contributed by atoms with E-state index in [2.05, 4.69) is 20.3 Å². The maximum atomic E-state index is 12.8. The predicted molar refractivity (Wildman–Crippen MR) is 111 cm³/mol. The van der Waals surface area contributed by atoms with Gasteiger partial charge in [0.05, 0.1) is 5.69 Å². The highest BCUT2D eigenvalue weighted by Crippen LogP contribution is 2.29. The first-order chi connectivity index (χ1) is 13.6. The van der Waals surface area contributed by atoms with Crippen LogP contribution >= 0.6 is 11.3 Å². The summed E-state index contributed by atoms with van der Waals surface area (Å²) in [4.78, 5) is 29.4. The summed E-state index contributed by atoms with van der Waals surface area (Å²) in [6.07, 6.45) is 3.84. The lowest BCUT2D eigenvalue weighted by atomic mass is 9.94. The highest BCUT2D eigenvalue weighted by Gasteiger charge is 2.26. The van der Waals surface area contributed by atoms with Crippen molar-refractivity contribution in [3.05, 3.63) is 64.6 Å². The monoisotopic (exact) mass is 393 g/mol. The van der Waals surface area contributed by atoms with Crippen molar-refractivity contribution >= 4 is 28.2 Å². The number of rotatable bonds is 4. The van der Waals surface area contributed by atoms with Gasteiger partial charge in [-0.3, -0.25) is 4.79 Å². The molecule has 1 aliphatic rings. The Labute approximate surface area is 168 Å². The number of carbonyl (C=O) groups is 1. The second-order valence-electron chi connectivity index (χ2n) is 7.08. The Kier molecular flexibility index (Phi) is 5.34. The van der Waals surface area contributed by atoms with Gasteiger partial charge in [0.2, 0.25) is 0 Å². The lowest BCUT2D eigenvalue weighted by molar-refractivity contribution is 0.0706. The molecule has 0 saturated carbocycles. The molecular formula is C21H23N5OS. The van der Waals surface area contributed by atoms with Gasteiger partial charge in [-0.2, -0.15) is 0 Å². The molecule has 1 N–H and O–H groups in total. The van der Waals surface area contributed by atoms with Crippen LogP contribution in [0.25, 0.3) is 0 Å². The van der Waals surface area contributed by atoms with Crippen molar-refractivity contribution in [1.82, 2.24) is 19.9 Å². The summed E-state index contributed by atoms with van der Waals surface area (Å²) in [6.45, 7) is 5.40. The number of hydrogen-bond donors (Lipinski definition) is 1. The lowest BCUT2D eigenvalue weighted by Crippen LogP contribution is -2.39. The van der Waals surface area contributed by atoms with E-state index in [1.54, 1.807) is 11.3 Å². The molecular weight excluding hydrogens is 370 g/mol. The molecule has 1 atom stereocenters. The van der Waals surface area contributed by atoms with Gasteiger partial charge in [-0.1, -0.05) is 18.2 Å². The van der Waals surface area contributed by atoms with Crippen LogP contribution in [0.15, 0.2) is 42.6 Å². The van der Waals surface area contributed by atoms with E-state index in [-0.39, 0.29) is 11.8 Å². The van der Waals surface area contributed by atoms with E-state index in [9.17, 15) is 4.79 Å². The maximum Gasteiger partial charge on any atom is 0.253 e. The molecule has 1 fully saturated rings. The number of thiazole rings is 1. The largest absolute Gasteiger partial charge is 0.338 e. The first-order valence-corrected chi connectivity index (χ1v) is 10.3. The predicted octanol–water partition coefficient (Wildman–Crippen LogP) is 4.31.